The molecule has 0 spiro atoms. The number of aromatic amines is 1. The van der Waals surface area contributed by atoms with E-state index >= 15 is 0 Å². The molecule has 0 radical (unpaired) electrons. The van der Waals surface area contributed by atoms with Gasteiger partial charge in [-0.1, -0.05) is 60.2 Å². The molecule has 3 heterocycles. The molecule has 1 fully saturated rings. The van der Waals surface area contributed by atoms with E-state index < -0.39 is 41.9 Å². The van der Waals surface area contributed by atoms with Crippen molar-refractivity contribution in [3.63, 3.8) is 0 Å². The highest BCUT2D eigenvalue weighted by atomic mass is 32.1. The Morgan fingerprint density at radius 1 is 1.05 bits per heavy atom. The van der Waals surface area contributed by atoms with Crippen molar-refractivity contribution in [2.45, 2.75) is 31.5 Å². The van der Waals surface area contributed by atoms with E-state index in [1.54, 1.807) is 17.0 Å². The van der Waals surface area contributed by atoms with Crippen LogP contribution in [0.2, 0.25) is 0 Å². The number of benzene rings is 3. The number of anilines is 1. The number of aliphatic carboxylic acids is 1. The number of carboxylic acids is 1. The van der Waals surface area contributed by atoms with Crippen LogP contribution in [0.25, 0.3) is 10.9 Å². The number of hydrogen-bond donors (Lipinski definition) is 4. The summed E-state index contributed by atoms with van der Waals surface area (Å²) in [6, 6.07) is 18.8. The molecular formula is C30H26N4O5S. The highest BCUT2D eigenvalue weighted by molar-refractivity contribution is 7.80. The maximum atomic E-state index is 14.2. The molecule has 3 aromatic carbocycles. The summed E-state index contributed by atoms with van der Waals surface area (Å²) in [5, 5.41) is 12.8. The Kier molecular flexibility index (Phi) is 6.34. The number of carboxylic acid groups (broad SMARTS) is 1. The van der Waals surface area contributed by atoms with Gasteiger partial charge in [-0.25, -0.2) is 14.5 Å². The number of nitrogens with one attached hydrogen (secondary N) is 2. The molecule has 1 saturated heterocycles. The van der Waals surface area contributed by atoms with Crippen LogP contribution in [0, 0.1) is 6.92 Å². The van der Waals surface area contributed by atoms with Gasteiger partial charge in [0.2, 0.25) is 0 Å². The number of amides is 4. The van der Waals surface area contributed by atoms with Gasteiger partial charge in [0.25, 0.3) is 11.8 Å². The van der Waals surface area contributed by atoms with E-state index in [0.717, 1.165) is 38.2 Å². The van der Waals surface area contributed by atoms with E-state index in [4.69, 9.17) is 0 Å². The van der Waals surface area contributed by atoms with Gasteiger partial charge < -0.3 is 15.4 Å². The van der Waals surface area contributed by atoms with Gasteiger partial charge in [-0.15, -0.1) is 0 Å². The minimum Gasteiger partial charge on any atom is -0.480 e. The quantitative estimate of drug-likeness (QED) is 0.211. The number of nitrogens with zero attached hydrogens (tertiary/aromatic N) is 2. The highest BCUT2D eigenvalue weighted by Crippen LogP contribution is 2.45. The summed E-state index contributed by atoms with van der Waals surface area (Å²) in [7, 11) is 0. The number of thiol groups is 1. The third-order valence-corrected chi connectivity index (χ3v) is 7.98. The molecule has 202 valence electrons. The standard InChI is InChI=1S/C30H26N4O5S/c1-16-10-12-17(13-11-16)26-25-20(18-6-2-4-8-21(18)31-25)14-24-28(36)34(30(39)33(24)26)23-9-5-3-7-19(23)27(35)32-22(15-40)29(37)38/h2-13,22,24,26,31,40H,14-15H2,1H3,(H,32,35)(H,37,38)/t22-,24-,26?/m0/s1. The molecule has 0 aliphatic carbocycles. The molecular weight excluding hydrogens is 528 g/mol. The average Bonchev–Trinajstić information content (AvgIpc) is 3.45. The zero-order valence-electron chi connectivity index (χ0n) is 21.5. The first-order valence-electron chi connectivity index (χ1n) is 12.9. The van der Waals surface area contributed by atoms with E-state index in [9.17, 15) is 24.3 Å². The average molecular weight is 555 g/mol. The van der Waals surface area contributed by atoms with E-state index in [2.05, 4.69) is 22.9 Å². The summed E-state index contributed by atoms with van der Waals surface area (Å²) >= 11 is 4.01. The largest absolute Gasteiger partial charge is 0.480 e. The number of carbonyl (C=O) groups is 4. The van der Waals surface area contributed by atoms with Crippen LogP contribution in [-0.4, -0.2) is 56.6 Å². The molecule has 6 rings (SSSR count). The Balaban J connectivity index is 1.45. The van der Waals surface area contributed by atoms with Gasteiger partial charge in [-0.2, -0.15) is 12.6 Å². The second-order valence-electron chi connectivity index (χ2n) is 10.0. The number of H-pyrrole nitrogens is 1. The van der Waals surface area contributed by atoms with Crippen molar-refractivity contribution in [1.29, 1.82) is 0 Å². The number of hydrogen-bond acceptors (Lipinski definition) is 5. The first kappa shape index (κ1) is 25.7. The number of aromatic nitrogens is 1. The van der Waals surface area contributed by atoms with Crippen molar-refractivity contribution in [1.82, 2.24) is 15.2 Å². The maximum Gasteiger partial charge on any atom is 0.332 e. The summed E-state index contributed by atoms with van der Waals surface area (Å²) in [4.78, 5) is 59.0. The van der Waals surface area contributed by atoms with Gasteiger partial charge in [0.1, 0.15) is 18.1 Å². The summed E-state index contributed by atoms with van der Waals surface area (Å²) in [6.45, 7) is 1.98. The first-order chi connectivity index (χ1) is 19.3. The Labute approximate surface area is 235 Å². The third-order valence-electron chi connectivity index (χ3n) is 7.62. The molecule has 0 saturated carbocycles. The van der Waals surface area contributed by atoms with Gasteiger partial charge >= 0.3 is 12.0 Å². The highest BCUT2D eigenvalue weighted by Gasteiger charge is 2.53. The molecule has 0 bridgehead atoms. The summed E-state index contributed by atoms with van der Waals surface area (Å²) in [6.07, 6.45) is 0.317. The fraction of sp³-hybridized carbons (Fsp3) is 0.200. The number of carbonyl (C=O) groups excluding carboxylic acids is 3. The van der Waals surface area contributed by atoms with Crippen LogP contribution < -0.4 is 10.2 Å². The van der Waals surface area contributed by atoms with Crippen LogP contribution in [0.3, 0.4) is 0 Å². The predicted octanol–water partition coefficient (Wildman–Crippen LogP) is 4.07. The number of urea groups is 1. The zero-order valence-corrected chi connectivity index (χ0v) is 22.4. The van der Waals surface area contributed by atoms with Crippen molar-refractivity contribution in [2.24, 2.45) is 0 Å². The fourth-order valence-electron chi connectivity index (χ4n) is 5.67. The van der Waals surface area contributed by atoms with E-state index in [1.165, 1.54) is 12.1 Å². The third kappa shape index (κ3) is 4.03. The second-order valence-corrected chi connectivity index (χ2v) is 10.4. The first-order valence-corrected chi connectivity index (χ1v) is 13.5. The van der Waals surface area contributed by atoms with Gasteiger partial charge in [-0.3, -0.25) is 14.5 Å². The van der Waals surface area contributed by atoms with Crippen LogP contribution in [0.1, 0.15) is 38.8 Å². The number of imide groups is 1. The Morgan fingerprint density at radius 3 is 2.48 bits per heavy atom. The SMILES string of the molecule is Cc1ccc(C2c3[nH]c4ccccc4c3C[C@H]3C(=O)N(c4ccccc4C(=O)N[C@@H](CS)C(=O)O)C(=O)N23)cc1. The topological polar surface area (TPSA) is 123 Å². The normalized spacial score (nSPS) is 18.9. The molecule has 1 aromatic heterocycles. The summed E-state index contributed by atoms with van der Waals surface area (Å²) in [5.41, 5.74) is 4.82. The van der Waals surface area contributed by atoms with Crippen molar-refractivity contribution < 1.29 is 24.3 Å². The molecule has 10 heteroatoms. The summed E-state index contributed by atoms with van der Waals surface area (Å²) < 4.78 is 0. The van der Waals surface area contributed by atoms with Gasteiger partial charge in [-0.05, 0) is 36.2 Å². The van der Waals surface area contributed by atoms with Crippen molar-refractivity contribution in [3.05, 3.63) is 101 Å². The summed E-state index contributed by atoms with van der Waals surface area (Å²) in [5.74, 6) is -2.51. The van der Waals surface area contributed by atoms with E-state index in [-0.39, 0.29) is 17.0 Å². The molecule has 40 heavy (non-hydrogen) atoms. The minimum atomic E-state index is -1.24. The van der Waals surface area contributed by atoms with Crippen molar-refractivity contribution in [2.75, 3.05) is 10.7 Å². The molecule has 3 N–H and O–H groups in total. The molecule has 3 atom stereocenters. The lowest BCUT2D eigenvalue weighted by molar-refractivity contribution is -0.138. The molecule has 2 aliphatic heterocycles. The number of para-hydroxylation sites is 2. The number of rotatable bonds is 6. The lowest BCUT2D eigenvalue weighted by Crippen LogP contribution is -2.44. The van der Waals surface area contributed by atoms with Crippen LogP contribution in [0.4, 0.5) is 10.5 Å². The second kappa shape index (κ2) is 9.87. The minimum absolute atomic E-state index is 0.0212. The maximum absolute atomic E-state index is 14.2. The van der Waals surface area contributed by atoms with Crippen molar-refractivity contribution >= 4 is 53.0 Å². The van der Waals surface area contributed by atoms with Crippen LogP contribution in [0.5, 0.6) is 0 Å². The predicted molar refractivity (Wildman–Crippen MR) is 153 cm³/mol. The van der Waals surface area contributed by atoms with Crippen molar-refractivity contribution in [3.8, 4) is 0 Å². The van der Waals surface area contributed by atoms with Gasteiger partial charge in [0.15, 0.2) is 0 Å². The molecule has 4 amide bonds. The zero-order chi connectivity index (χ0) is 28.1. The molecule has 9 nitrogen and oxygen atoms in total. The number of aryl methyl sites for hydroxylation is 1. The Bertz CT molecular complexity index is 1680. The lowest BCUT2D eigenvalue weighted by atomic mass is 9.88. The monoisotopic (exact) mass is 554 g/mol. The lowest BCUT2D eigenvalue weighted by Gasteiger charge is -2.36. The van der Waals surface area contributed by atoms with E-state index in [0.29, 0.717) is 6.42 Å². The molecule has 4 aromatic rings. The van der Waals surface area contributed by atoms with Crippen LogP contribution in [0.15, 0.2) is 72.8 Å². The van der Waals surface area contributed by atoms with Gasteiger partial charge in [0.05, 0.1) is 11.3 Å². The Morgan fingerprint density at radius 2 is 1.75 bits per heavy atom. The molecule has 1 unspecified atom stereocenters. The number of fused-ring (bicyclic) bond motifs is 4. The van der Waals surface area contributed by atoms with E-state index in [1.807, 2.05) is 55.5 Å². The fourth-order valence-corrected chi connectivity index (χ4v) is 5.92. The van der Waals surface area contributed by atoms with Gasteiger partial charge in [0, 0.05) is 28.8 Å². The van der Waals surface area contributed by atoms with Crippen LogP contribution in [-0.2, 0) is 16.0 Å². The molecule has 2 aliphatic rings. The van der Waals surface area contributed by atoms with Crippen LogP contribution >= 0.6 is 12.6 Å². The smallest absolute Gasteiger partial charge is 0.332 e. The Hall–Kier alpha value is -4.57.